The minimum absolute atomic E-state index is 0.0183. The molecule has 0 N–H and O–H groups in total. The van der Waals surface area contributed by atoms with Gasteiger partial charge in [0.05, 0.1) is 0 Å². The van der Waals surface area contributed by atoms with E-state index < -0.39 is 17.4 Å². The van der Waals surface area contributed by atoms with Crippen molar-refractivity contribution in [2.75, 3.05) is 0 Å². The molecule has 0 aromatic carbocycles. The molecule has 0 bridgehead atoms. The zero-order valence-corrected chi connectivity index (χ0v) is 14.3. The van der Waals surface area contributed by atoms with Crippen LogP contribution >= 0.6 is 0 Å². The molecule has 0 unspecified atom stereocenters. The van der Waals surface area contributed by atoms with Gasteiger partial charge >= 0.3 is 0 Å². The number of carbonyl (C=O) groups is 2. The van der Waals surface area contributed by atoms with Gasteiger partial charge in [0.1, 0.15) is 0 Å². The van der Waals surface area contributed by atoms with E-state index in [2.05, 4.69) is 6.92 Å². The van der Waals surface area contributed by atoms with Crippen molar-refractivity contribution in [3.63, 3.8) is 0 Å². The maximum Gasteiger partial charge on any atom is 0.0419 e. The summed E-state index contributed by atoms with van der Waals surface area (Å²) >= 11 is 0. The molecule has 4 nitrogen and oxygen atoms in total. The van der Waals surface area contributed by atoms with Crippen LogP contribution in [0.25, 0.3) is 0 Å². The van der Waals surface area contributed by atoms with Crippen LogP contribution in [-0.2, 0) is 9.59 Å². The van der Waals surface area contributed by atoms with Crippen molar-refractivity contribution in [1.29, 1.82) is 0 Å². The third-order valence-electron chi connectivity index (χ3n) is 7.78. The van der Waals surface area contributed by atoms with E-state index >= 15 is 0 Å². The topological polar surface area (TPSA) is 80.3 Å². The number of carboxylic acids is 2. The van der Waals surface area contributed by atoms with Crippen LogP contribution in [0, 0.1) is 34.5 Å². The predicted octanol–water partition coefficient (Wildman–Crippen LogP) is 1.52. The van der Waals surface area contributed by atoms with E-state index in [0.717, 1.165) is 25.7 Å². The van der Waals surface area contributed by atoms with E-state index in [1.165, 1.54) is 19.3 Å². The quantitative estimate of drug-likeness (QED) is 0.786. The van der Waals surface area contributed by atoms with E-state index in [0.29, 0.717) is 23.2 Å². The van der Waals surface area contributed by atoms with Crippen molar-refractivity contribution in [2.45, 2.75) is 71.6 Å². The second-order valence-corrected chi connectivity index (χ2v) is 8.87. The minimum Gasteiger partial charge on any atom is -0.550 e. The summed E-state index contributed by atoms with van der Waals surface area (Å²) in [6.07, 6.45) is 7.83. The normalized spacial score (nSPS) is 46.0. The SMILES string of the molecule is C[C@]12CCC[C@@H]1[C@@H]1CC[C@H](CC(=O)[O-])[C@@](C)(CC(=O)[O-])[C@@H]1CC2. The van der Waals surface area contributed by atoms with Crippen molar-refractivity contribution >= 4 is 11.9 Å². The Morgan fingerprint density at radius 1 is 0.957 bits per heavy atom. The first-order valence-corrected chi connectivity index (χ1v) is 9.16. The molecular formula is C19H28O4-2. The van der Waals surface area contributed by atoms with Crippen molar-refractivity contribution < 1.29 is 19.8 Å². The van der Waals surface area contributed by atoms with E-state index in [9.17, 15) is 19.8 Å². The van der Waals surface area contributed by atoms with Gasteiger partial charge in [-0.25, -0.2) is 0 Å². The second-order valence-electron chi connectivity index (χ2n) is 8.87. The van der Waals surface area contributed by atoms with Crippen molar-refractivity contribution in [3.05, 3.63) is 0 Å². The molecule has 3 aliphatic carbocycles. The summed E-state index contributed by atoms with van der Waals surface area (Å²) in [7, 11) is 0. The monoisotopic (exact) mass is 320 g/mol. The summed E-state index contributed by atoms with van der Waals surface area (Å²) in [5, 5.41) is 22.6. The largest absolute Gasteiger partial charge is 0.550 e. The molecule has 0 saturated heterocycles. The average Bonchev–Trinajstić information content (AvgIpc) is 2.82. The van der Waals surface area contributed by atoms with Crippen molar-refractivity contribution in [1.82, 2.24) is 0 Å². The standard InChI is InChI=1S/C19H30O4/c1-18-8-3-4-14(18)13-6-5-12(10-16(20)21)19(2,11-17(22)23)15(13)7-9-18/h12-15H,3-11H2,1-2H3,(H,20,21)(H,22,23)/p-2/t12-,13+,14-,15-,18-,19-/m1/s1. The number of hydrogen-bond acceptors (Lipinski definition) is 4. The molecule has 130 valence electrons. The average molecular weight is 320 g/mol. The lowest BCUT2D eigenvalue weighted by molar-refractivity contribution is -0.315. The molecular weight excluding hydrogens is 292 g/mol. The van der Waals surface area contributed by atoms with Gasteiger partial charge < -0.3 is 19.8 Å². The van der Waals surface area contributed by atoms with Crippen LogP contribution in [0.5, 0.6) is 0 Å². The van der Waals surface area contributed by atoms with E-state index in [4.69, 9.17) is 0 Å². The van der Waals surface area contributed by atoms with Gasteiger partial charge in [-0.2, -0.15) is 0 Å². The number of fused-ring (bicyclic) bond motifs is 3. The molecule has 0 aliphatic heterocycles. The van der Waals surface area contributed by atoms with Gasteiger partial charge in [0.15, 0.2) is 0 Å². The fourth-order valence-electron chi connectivity index (χ4n) is 6.65. The highest BCUT2D eigenvalue weighted by Crippen LogP contribution is 2.64. The van der Waals surface area contributed by atoms with Gasteiger partial charge in [0, 0.05) is 11.9 Å². The summed E-state index contributed by atoms with van der Waals surface area (Å²) in [6, 6.07) is 0. The summed E-state index contributed by atoms with van der Waals surface area (Å²) in [4.78, 5) is 22.6. The van der Waals surface area contributed by atoms with Crippen LogP contribution in [0.15, 0.2) is 0 Å². The Morgan fingerprint density at radius 2 is 1.70 bits per heavy atom. The van der Waals surface area contributed by atoms with Crippen molar-refractivity contribution in [3.8, 4) is 0 Å². The number of carboxylic acid groups (broad SMARTS) is 2. The van der Waals surface area contributed by atoms with Gasteiger partial charge in [0.2, 0.25) is 0 Å². The molecule has 0 spiro atoms. The Morgan fingerprint density at radius 3 is 2.35 bits per heavy atom. The predicted molar refractivity (Wildman–Crippen MR) is 81.7 cm³/mol. The van der Waals surface area contributed by atoms with Crippen molar-refractivity contribution in [2.24, 2.45) is 34.5 Å². The van der Waals surface area contributed by atoms with Crippen LogP contribution in [0.1, 0.15) is 71.6 Å². The number of hydrogen-bond donors (Lipinski definition) is 0. The zero-order chi connectivity index (χ0) is 16.8. The van der Waals surface area contributed by atoms with Crippen LogP contribution in [0.3, 0.4) is 0 Å². The van der Waals surface area contributed by atoms with Gasteiger partial charge in [-0.15, -0.1) is 0 Å². The Labute approximate surface area is 138 Å². The maximum absolute atomic E-state index is 11.4. The molecule has 3 aliphatic rings. The summed E-state index contributed by atoms with van der Waals surface area (Å²) in [5.74, 6) is -0.646. The number of rotatable bonds is 4. The van der Waals surface area contributed by atoms with Crippen LogP contribution in [0.2, 0.25) is 0 Å². The molecule has 0 radical (unpaired) electrons. The Bertz CT molecular complexity index is 502. The zero-order valence-electron chi connectivity index (χ0n) is 14.3. The molecule has 23 heavy (non-hydrogen) atoms. The smallest absolute Gasteiger partial charge is 0.0419 e. The fourth-order valence-corrected chi connectivity index (χ4v) is 6.65. The minimum atomic E-state index is -1.06. The molecule has 0 amide bonds. The van der Waals surface area contributed by atoms with Crippen LogP contribution in [0.4, 0.5) is 0 Å². The highest BCUT2D eigenvalue weighted by molar-refractivity contribution is 5.67. The molecule has 4 heteroatoms. The summed E-state index contributed by atoms with van der Waals surface area (Å²) in [6.45, 7) is 4.41. The van der Waals surface area contributed by atoms with Crippen LogP contribution < -0.4 is 10.2 Å². The van der Waals surface area contributed by atoms with Gasteiger partial charge in [0.25, 0.3) is 0 Å². The number of carbonyl (C=O) groups excluding carboxylic acids is 2. The Kier molecular flexibility index (Phi) is 4.22. The molecule has 3 rings (SSSR count). The Hall–Kier alpha value is -1.06. The first-order chi connectivity index (χ1) is 10.8. The highest BCUT2D eigenvalue weighted by atomic mass is 16.4. The lowest BCUT2D eigenvalue weighted by Crippen LogP contribution is -2.53. The lowest BCUT2D eigenvalue weighted by Gasteiger charge is -2.58. The fraction of sp³-hybridized carbons (Fsp3) is 0.895. The molecule has 3 saturated carbocycles. The number of aliphatic carboxylic acids is 2. The first kappa shape index (κ1) is 16.8. The maximum atomic E-state index is 11.4. The lowest BCUT2D eigenvalue weighted by atomic mass is 9.47. The molecule has 0 aromatic heterocycles. The summed E-state index contributed by atoms with van der Waals surface area (Å²) in [5.41, 5.74) is -0.0452. The van der Waals surface area contributed by atoms with E-state index in [1.807, 2.05) is 6.92 Å². The summed E-state index contributed by atoms with van der Waals surface area (Å²) < 4.78 is 0. The Balaban J connectivity index is 1.90. The van der Waals surface area contributed by atoms with E-state index in [-0.39, 0.29) is 18.8 Å². The first-order valence-electron chi connectivity index (χ1n) is 9.16. The van der Waals surface area contributed by atoms with Gasteiger partial charge in [-0.3, -0.25) is 0 Å². The van der Waals surface area contributed by atoms with E-state index in [1.54, 1.807) is 0 Å². The molecule has 6 atom stereocenters. The molecule has 0 aromatic rings. The highest BCUT2D eigenvalue weighted by Gasteiger charge is 2.56. The van der Waals surface area contributed by atoms with Crippen LogP contribution in [-0.4, -0.2) is 11.9 Å². The third kappa shape index (κ3) is 2.78. The molecule has 3 fully saturated rings. The second kappa shape index (κ2) is 5.78. The molecule has 0 heterocycles. The van der Waals surface area contributed by atoms with Gasteiger partial charge in [-0.05, 0) is 85.9 Å². The van der Waals surface area contributed by atoms with Gasteiger partial charge in [-0.1, -0.05) is 20.3 Å². The third-order valence-corrected chi connectivity index (χ3v) is 7.78.